The second-order valence-electron chi connectivity index (χ2n) is 9.21. The fourth-order valence-corrected chi connectivity index (χ4v) is 4.22. The number of amides is 3. The van der Waals surface area contributed by atoms with E-state index in [0.717, 1.165) is 25.7 Å². The maximum Gasteiger partial charge on any atom is 0.255 e. The first-order valence-electron chi connectivity index (χ1n) is 11.3. The fourth-order valence-electron chi connectivity index (χ4n) is 4.22. The summed E-state index contributed by atoms with van der Waals surface area (Å²) in [6.45, 7) is 3.72. The summed E-state index contributed by atoms with van der Waals surface area (Å²) in [6, 6.07) is 6.13. The van der Waals surface area contributed by atoms with Gasteiger partial charge in [-0.25, -0.2) is 0 Å². The van der Waals surface area contributed by atoms with Gasteiger partial charge in [0.2, 0.25) is 17.7 Å². The maximum absolute atomic E-state index is 13.0. The van der Waals surface area contributed by atoms with Crippen molar-refractivity contribution < 1.29 is 18.9 Å². The zero-order chi connectivity index (χ0) is 22.4. The third-order valence-electron chi connectivity index (χ3n) is 6.26. The standard InChI is InChI=1S/C23H27N5O4/c1-12(2)18(22-26-20(27-32-22)13-7-8-13)25-17(29)11-24-21(30)19-15-5-3-4-6-16(15)23(31)28(19)14-9-10-14/h3-6,12-14,18-19H,7-11H2,1-2H3,(H,24,30)(H,25,29). The van der Waals surface area contributed by atoms with Gasteiger partial charge in [0.05, 0.1) is 6.54 Å². The Morgan fingerprint density at radius 3 is 2.62 bits per heavy atom. The lowest BCUT2D eigenvalue weighted by atomic mass is 10.0. The number of aromatic nitrogens is 2. The molecule has 0 saturated heterocycles. The number of nitrogens with zero attached hydrogens (tertiary/aromatic N) is 3. The van der Waals surface area contributed by atoms with Crippen LogP contribution in [0.15, 0.2) is 28.8 Å². The van der Waals surface area contributed by atoms with Crippen molar-refractivity contribution >= 4 is 17.7 Å². The maximum atomic E-state index is 13.0. The highest BCUT2D eigenvalue weighted by atomic mass is 16.5. The lowest BCUT2D eigenvalue weighted by Crippen LogP contribution is -2.45. The van der Waals surface area contributed by atoms with Gasteiger partial charge in [-0.15, -0.1) is 0 Å². The van der Waals surface area contributed by atoms with Crippen molar-refractivity contribution in [3.05, 3.63) is 47.1 Å². The molecule has 3 amide bonds. The van der Waals surface area contributed by atoms with Gasteiger partial charge in [-0.2, -0.15) is 4.98 Å². The zero-order valence-corrected chi connectivity index (χ0v) is 18.2. The van der Waals surface area contributed by atoms with Gasteiger partial charge >= 0.3 is 0 Å². The average molecular weight is 438 g/mol. The molecule has 2 atom stereocenters. The van der Waals surface area contributed by atoms with Crippen LogP contribution in [0.3, 0.4) is 0 Å². The van der Waals surface area contributed by atoms with E-state index < -0.39 is 12.1 Å². The van der Waals surface area contributed by atoms with Gasteiger partial charge in [-0.05, 0) is 43.2 Å². The first-order chi connectivity index (χ1) is 15.4. The Hall–Kier alpha value is -3.23. The summed E-state index contributed by atoms with van der Waals surface area (Å²) < 4.78 is 5.39. The molecule has 2 N–H and O–H groups in total. The molecule has 2 aliphatic carbocycles. The van der Waals surface area contributed by atoms with Crippen LogP contribution < -0.4 is 10.6 Å². The Balaban J connectivity index is 1.24. The molecule has 0 spiro atoms. The molecule has 2 saturated carbocycles. The minimum absolute atomic E-state index is 0.0341. The highest BCUT2D eigenvalue weighted by Crippen LogP contribution is 2.42. The molecule has 5 rings (SSSR count). The van der Waals surface area contributed by atoms with Crippen LogP contribution in [0.2, 0.25) is 0 Å². The molecule has 9 heteroatoms. The van der Waals surface area contributed by atoms with Crippen LogP contribution in [0, 0.1) is 5.92 Å². The van der Waals surface area contributed by atoms with Gasteiger partial charge < -0.3 is 20.1 Å². The summed E-state index contributed by atoms with van der Waals surface area (Å²) in [6.07, 6.45) is 3.92. The van der Waals surface area contributed by atoms with Crippen molar-refractivity contribution in [3.8, 4) is 0 Å². The average Bonchev–Trinajstić information content (AvgIpc) is 3.72. The summed E-state index contributed by atoms with van der Waals surface area (Å²) in [5, 5.41) is 9.64. The monoisotopic (exact) mass is 437 g/mol. The number of hydrogen-bond donors (Lipinski definition) is 2. The summed E-state index contributed by atoms with van der Waals surface area (Å²) in [5.41, 5.74) is 1.26. The number of benzene rings is 1. The quantitative estimate of drug-likeness (QED) is 0.654. The lowest BCUT2D eigenvalue weighted by Gasteiger charge is -2.24. The van der Waals surface area contributed by atoms with E-state index in [-0.39, 0.29) is 36.2 Å². The molecule has 2 fully saturated rings. The first-order valence-corrected chi connectivity index (χ1v) is 11.3. The van der Waals surface area contributed by atoms with Gasteiger partial charge in [-0.1, -0.05) is 37.2 Å². The molecule has 2 heterocycles. The van der Waals surface area contributed by atoms with E-state index in [2.05, 4.69) is 20.8 Å². The normalized spacial score (nSPS) is 20.9. The van der Waals surface area contributed by atoms with Crippen molar-refractivity contribution in [3.63, 3.8) is 0 Å². The molecular weight excluding hydrogens is 410 g/mol. The Bertz CT molecular complexity index is 1060. The molecule has 1 aromatic carbocycles. The van der Waals surface area contributed by atoms with Crippen LogP contribution in [0.1, 0.15) is 85.2 Å². The third-order valence-corrected chi connectivity index (χ3v) is 6.26. The molecule has 1 aromatic heterocycles. The van der Waals surface area contributed by atoms with Crippen LogP contribution in [-0.4, -0.2) is 45.3 Å². The molecule has 1 aliphatic heterocycles. The Kier molecular flexibility index (Phi) is 5.19. The summed E-state index contributed by atoms with van der Waals surface area (Å²) in [4.78, 5) is 44.6. The van der Waals surface area contributed by atoms with E-state index >= 15 is 0 Å². The second kappa shape index (κ2) is 8.03. The number of carbonyl (C=O) groups excluding carboxylic acids is 3. The number of rotatable bonds is 8. The number of fused-ring (bicyclic) bond motifs is 1. The van der Waals surface area contributed by atoms with Crippen molar-refractivity contribution in [1.82, 2.24) is 25.7 Å². The molecule has 9 nitrogen and oxygen atoms in total. The number of carbonyl (C=O) groups is 3. The van der Waals surface area contributed by atoms with Crippen molar-refractivity contribution in [2.45, 2.75) is 63.6 Å². The summed E-state index contributed by atoms with van der Waals surface area (Å²) >= 11 is 0. The predicted molar refractivity (Wildman–Crippen MR) is 113 cm³/mol. The van der Waals surface area contributed by atoms with E-state index in [1.165, 1.54) is 0 Å². The van der Waals surface area contributed by atoms with Crippen LogP contribution in [0.25, 0.3) is 0 Å². The topological polar surface area (TPSA) is 117 Å². The lowest BCUT2D eigenvalue weighted by molar-refractivity contribution is -0.129. The Labute approximate surface area is 185 Å². The molecule has 0 bridgehead atoms. The van der Waals surface area contributed by atoms with Crippen LogP contribution in [0.4, 0.5) is 0 Å². The van der Waals surface area contributed by atoms with Gasteiger partial charge in [0.25, 0.3) is 5.91 Å². The van der Waals surface area contributed by atoms with Crippen LogP contribution in [-0.2, 0) is 9.59 Å². The van der Waals surface area contributed by atoms with E-state index in [9.17, 15) is 14.4 Å². The first kappa shape index (κ1) is 20.7. The highest BCUT2D eigenvalue weighted by molar-refractivity contribution is 6.05. The fraction of sp³-hybridized carbons (Fsp3) is 0.522. The Morgan fingerprint density at radius 1 is 1.19 bits per heavy atom. The van der Waals surface area contributed by atoms with E-state index in [0.29, 0.717) is 28.8 Å². The molecule has 2 unspecified atom stereocenters. The van der Waals surface area contributed by atoms with Gasteiger partial charge in [-0.3, -0.25) is 14.4 Å². The zero-order valence-electron chi connectivity index (χ0n) is 18.2. The van der Waals surface area contributed by atoms with E-state index in [4.69, 9.17) is 4.52 Å². The highest BCUT2D eigenvalue weighted by Gasteiger charge is 2.47. The second-order valence-corrected chi connectivity index (χ2v) is 9.21. The van der Waals surface area contributed by atoms with Crippen molar-refractivity contribution in [2.24, 2.45) is 5.92 Å². The largest absolute Gasteiger partial charge is 0.345 e. The molecular formula is C23H27N5O4. The van der Waals surface area contributed by atoms with E-state index in [1.54, 1.807) is 17.0 Å². The third kappa shape index (κ3) is 3.87. The molecule has 168 valence electrons. The smallest absolute Gasteiger partial charge is 0.255 e. The van der Waals surface area contributed by atoms with Gasteiger partial charge in [0.1, 0.15) is 12.1 Å². The molecule has 32 heavy (non-hydrogen) atoms. The van der Waals surface area contributed by atoms with Gasteiger partial charge in [0, 0.05) is 17.5 Å². The molecule has 3 aliphatic rings. The van der Waals surface area contributed by atoms with Crippen molar-refractivity contribution in [2.75, 3.05) is 6.54 Å². The summed E-state index contributed by atoms with van der Waals surface area (Å²) in [7, 11) is 0. The summed E-state index contributed by atoms with van der Waals surface area (Å²) in [5.74, 6) is 0.665. The predicted octanol–water partition coefficient (Wildman–Crippen LogP) is 2.24. The molecule has 2 aromatic rings. The minimum Gasteiger partial charge on any atom is -0.345 e. The molecule has 0 radical (unpaired) electrons. The SMILES string of the molecule is CC(C)C(NC(=O)CNC(=O)C1c2ccccc2C(=O)N1C1CC1)c1nc(C2CC2)no1. The van der Waals surface area contributed by atoms with Gasteiger partial charge in [0.15, 0.2) is 5.82 Å². The Morgan fingerprint density at radius 2 is 1.94 bits per heavy atom. The van der Waals surface area contributed by atoms with E-state index in [1.807, 2.05) is 26.0 Å². The van der Waals surface area contributed by atoms with Crippen molar-refractivity contribution in [1.29, 1.82) is 0 Å². The minimum atomic E-state index is -0.697. The number of nitrogens with one attached hydrogen (secondary N) is 2. The van der Waals surface area contributed by atoms with Crippen LogP contribution >= 0.6 is 0 Å². The number of hydrogen-bond acceptors (Lipinski definition) is 6. The van der Waals surface area contributed by atoms with Crippen LogP contribution in [0.5, 0.6) is 0 Å².